The van der Waals surface area contributed by atoms with E-state index in [4.69, 9.17) is 0 Å². The number of fused-ring (bicyclic) bond motifs is 1. The van der Waals surface area contributed by atoms with Crippen LogP contribution in [0.2, 0.25) is 0 Å². The number of hydrogen-bond acceptors (Lipinski definition) is 1. The van der Waals surface area contributed by atoms with E-state index in [1.165, 1.54) is 25.8 Å². The standard InChI is InChI=1S/C14H24FN.H2/c1-11(2)7-14-5-4-6-16(14)10-13(9-14)8-12(13,3)15;/h11H,4-10H2,1-3H3;1H/t12-,13+,14+;/m0./s1. The minimum Gasteiger partial charge on any atom is -0.297 e. The lowest BCUT2D eigenvalue weighted by molar-refractivity contribution is 0.163. The fourth-order valence-electron chi connectivity index (χ4n) is 4.61. The number of nitrogens with zero attached hydrogens (tertiary/aromatic N) is 1. The summed E-state index contributed by atoms with van der Waals surface area (Å²) in [5.74, 6) is 0.736. The first-order valence-corrected chi connectivity index (χ1v) is 6.83. The zero-order chi connectivity index (χ0) is 11.6. The highest BCUT2D eigenvalue weighted by atomic mass is 19.1. The number of halogens is 1. The van der Waals surface area contributed by atoms with E-state index in [0.29, 0.717) is 5.54 Å². The minimum absolute atomic E-state index is 0. The second-order valence-corrected chi connectivity index (χ2v) is 7.18. The molecule has 94 valence electrons. The summed E-state index contributed by atoms with van der Waals surface area (Å²) in [7, 11) is 0. The maximum atomic E-state index is 14.1. The van der Waals surface area contributed by atoms with Gasteiger partial charge >= 0.3 is 0 Å². The van der Waals surface area contributed by atoms with Crippen LogP contribution in [0.5, 0.6) is 0 Å². The Morgan fingerprint density at radius 3 is 2.62 bits per heavy atom. The van der Waals surface area contributed by atoms with E-state index >= 15 is 0 Å². The Balaban J connectivity index is 0.00000108. The summed E-state index contributed by atoms with van der Waals surface area (Å²) < 4.78 is 14.1. The molecule has 1 nitrogen and oxygen atoms in total. The Morgan fingerprint density at radius 1 is 1.38 bits per heavy atom. The van der Waals surface area contributed by atoms with Crippen molar-refractivity contribution in [2.75, 3.05) is 13.1 Å². The molecule has 0 radical (unpaired) electrons. The van der Waals surface area contributed by atoms with Gasteiger partial charge in [0.25, 0.3) is 0 Å². The molecule has 0 aromatic heterocycles. The van der Waals surface area contributed by atoms with Crippen molar-refractivity contribution in [3.63, 3.8) is 0 Å². The van der Waals surface area contributed by atoms with Gasteiger partial charge in [0.2, 0.25) is 0 Å². The van der Waals surface area contributed by atoms with Crippen LogP contribution in [0.25, 0.3) is 0 Å². The smallest absolute Gasteiger partial charge is 0.116 e. The van der Waals surface area contributed by atoms with Crippen LogP contribution in [0, 0.1) is 11.3 Å². The van der Waals surface area contributed by atoms with Crippen LogP contribution in [-0.4, -0.2) is 29.2 Å². The summed E-state index contributed by atoms with van der Waals surface area (Å²) in [5.41, 5.74) is -0.443. The van der Waals surface area contributed by atoms with Gasteiger partial charge in [-0.3, -0.25) is 4.90 Å². The van der Waals surface area contributed by atoms with E-state index < -0.39 is 5.67 Å². The van der Waals surface area contributed by atoms with Crippen LogP contribution in [0.1, 0.15) is 54.3 Å². The lowest BCUT2D eigenvalue weighted by Gasteiger charge is -2.33. The fraction of sp³-hybridized carbons (Fsp3) is 1.00. The molecule has 0 bridgehead atoms. The first kappa shape index (κ1) is 11.0. The molecule has 2 heteroatoms. The molecule has 2 aliphatic heterocycles. The van der Waals surface area contributed by atoms with Crippen molar-refractivity contribution in [3.8, 4) is 0 Å². The van der Waals surface area contributed by atoms with E-state index in [1.54, 1.807) is 0 Å². The average molecular weight is 227 g/mol. The molecule has 3 aliphatic rings. The van der Waals surface area contributed by atoms with Gasteiger partial charge in [0, 0.05) is 18.9 Å². The van der Waals surface area contributed by atoms with Crippen molar-refractivity contribution in [2.45, 2.75) is 64.1 Å². The normalized spacial score (nSPS) is 51.6. The molecule has 2 saturated heterocycles. The second-order valence-electron chi connectivity index (χ2n) is 7.18. The SMILES string of the molecule is CC(C)C[C@@]12CCCN1C[C@]1(C2)C[C@]1(C)F.[HH]. The van der Waals surface area contributed by atoms with Crippen LogP contribution in [0.4, 0.5) is 4.39 Å². The highest BCUT2D eigenvalue weighted by molar-refractivity contribution is 5.24. The summed E-state index contributed by atoms with van der Waals surface area (Å²) in [6.45, 7) is 8.67. The zero-order valence-electron chi connectivity index (χ0n) is 10.9. The van der Waals surface area contributed by atoms with E-state index in [9.17, 15) is 4.39 Å². The third kappa shape index (κ3) is 1.32. The van der Waals surface area contributed by atoms with E-state index in [-0.39, 0.29) is 6.84 Å². The number of alkyl halides is 1. The molecule has 1 saturated carbocycles. The molecular formula is C14H26FN. The van der Waals surface area contributed by atoms with Crippen molar-refractivity contribution in [1.82, 2.24) is 4.90 Å². The van der Waals surface area contributed by atoms with E-state index in [1.807, 2.05) is 6.92 Å². The third-order valence-corrected chi connectivity index (χ3v) is 5.34. The van der Waals surface area contributed by atoms with Gasteiger partial charge in [-0.05, 0) is 51.5 Å². The van der Waals surface area contributed by atoms with Crippen molar-refractivity contribution < 1.29 is 5.82 Å². The number of hydrogen-bond donors (Lipinski definition) is 0. The average Bonchev–Trinajstić information content (AvgIpc) is 2.39. The molecular weight excluding hydrogens is 201 g/mol. The maximum Gasteiger partial charge on any atom is 0.116 e. The zero-order valence-corrected chi connectivity index (χ0v) is 10.9. The van der Waals surface area contributed by atoms with Gasteiger partial charge in [-0.2, -0.15) is 0 Å². The fourth-order valence-corrected chi connectivity index (χ4v) is 4.61. The summed E-state index contributed by atoms with van der Waals surface area (Å²) in [4.78, 5) is 2.62. The third-order valence-electron chi connectivity index (χ3n) is 5.34. The molecule has 3 atom stereocenters. The summed E-state index contributed by atoms with van der Waals surface area (Å²) in [5, 5.41) is 0. The van der Waals surface area contributed by atoms with Gasteiger partial charge in [0.05, 0.1) is 0 Å². The first-order valence-electron chi connectivity index (χ1n) is 6.83. The molecule has 0 unspecified atom stereocenters. The van der Waals surface area contributed by atoms with Crippen molar-refractivity contribution in [3.05, 3.63) is 0 Å². The Kier molecular flexibility index (Phi) is 2.07. The van der Waals surface area contributed by atoms with Gasteiger partial charge in [0.15, 0.2) is 0 Å². The Hall–Kier alpha value is -0.110. The van der Waals surface area contributed by atoms with Crippen LogP contribution >= 0.6 is 0 Å². The highest BCUT2D eigenvalue weighted by Crippen LogP contribution is 2.69. The predicted octanol–water partition coefficient (Wildman–Crippen LogP) is 3.64. The van der Waals surface area contributed by atoms with Crippen LogP contribution in [0.3, 0.4) is 0 Å². The minimum atomic E-state index is -0.860. The van der Waals surface area contributed by atoms with Gasteiger partial charge < -0.3 is 0 Å². The van der Waals surface area contributed by atoms with Gasteiger partial charge in [0.1, 0.15) is 5.67 Å². The largest absolute Gasteiger partial charge is 0.297 e. The molecule has 3 fully saturated rings. The monoisotopic (exact) mass is 227 g/mol. The topological polar surface area (TPSA) is 3.24 Å². The Labute approximate surface area is 99.9 Å². The van der Waals surface area contributed by atoms with Crippen LogP contribution in [0.15, 0.2) is 0 Å². The van der Waals surface area contributed by atoms with Crippen molar-refractivity contribution >= 4 is 0 Å². The molecule has 0 aromatic rings. The van der Waals surface area contributed by atoms with Crippen LogP contribution in [-0.2, 0) is 0 Å². The lowest BCUT2D eigenvalue weighted by atomic mass is 9.81. The van der Waals surface area contributed by atoms with Crippen LogP contribution < -0.4 is 0 Å². The molecule has 0 amide bonds. The van der Waals surface area contributed by atoms with Crippen molar-refractivity contribution in [1.29, 1.82) is 0 Å². The molecule has 3 rings (SSSR count). The molecule has 0 aromatic carbocycles. The molecule has 1 aliphatic carbocycles. The molecule has 16 heavy (non-hydrogen) atoms. The van der Waals surface area contributed by atoms with Gasteiger partial charge in [-0.15, -0.1) is 0 Å². The maximum absolute atomic E-state index is 14.1. The first-order chi connectivity index (χ1) is 7.39. The van der Waals surface area contributed by atoms with E-state index in [2.05, 4.69) is 18.7 Å². The summed E-state index contributed by atoms with van der Waals surface area (Å²) >= 11 is 0. The molecule has 0 N–H and O–H groups in total. The molecule has 2 heterocycles. The van der Waals surface area contributed by atoms with E-state index in [0.717, 1.165) is 25.3 Å². The van der Waals surface area contributed by atoms with Gasteiger partial charge in [-0.25, -0.2) is 4.39 Å². The number of rotatable bonds is 2. The quantitative estimate of drug-likeness (QED) is 0.696. The molecule has 1 spiro atoms. The predicted molar refractivity (Wildman–Crippen MR) is 66.3 cm³/mol. The second kappa shape index (κ2) is 3.01. The van der Waals surface area contributed by atoms with Gasteiger partial charge in [-0.1, -0.05) is 13.8 Å². The lowest BCUT2D eigenvalue weighted by Crippen LogP contribution is -2.39. The Morgan fingerprint density at radius 2 is 2.06 bits per heavy atom. The highest BCUT2D eigenvalue weighted by Gasteiger charge is 2.72. The van der Waals surface area contributed by atoms with Crippen molar-refractivity contribution in [2.24, 2.45) is 11.3 Å². The summed E-state index contributed by atoms with van der Waals surface area (Å²) in [6.07, 6.45) is 5.85. The Bertz CT molecular complexity index is 317. The summed E-state index contributed by atoms with van der Waals surface area (Å²) in [6, 6.07) is 0.